The molecule has 0 spiro atoms. The fourth-order valence-corrected chi connectivity index (χ4v) is 4.05. The second-order valence-electron chi connectivity index (χ2n) is 8.03. The third-order valence-corrected chi connectivity index (χ3v) is 5.93. The van der Waals surface area contributed by atoms with E-state index < -0.39 is 0 Å². The number of carbonyl (C=O) groups excluding carboxylic acids is 1. The molecule has 0 bridgehead atoms. The van der Waals surface area contributed by atoms with E-state index in [1.165, 1.54) is 17.5 Å². The second kappa shape index (κ2) is 8.69. The van der Waals surface area contributed by atoms with Gasteiger partial charge in [-0.25, -0.2) is 4.68 Å². The Bertz CT molecular complexity index is 1130. The fourth-order valence-electron chi connectivity index (χ4n) is 4.05. The van der Waals surface area contributed by atoms with Gasteiger partial charge in [-0.2, -0.15) is 5.10 Å². The summed E-state index contributed by atoms with van der Waals surface area (Å²) in [7, 11) is 0. The maximum Gasteiger partial charge on any atom is 0.275 e. The average Bonchev–Trinajstić information content (AvgIpc) is 3.03. The minimum Gasteiger partial charge on any atom is -0.355 e. The van der Waals surface area contributed by atoms with Crippen LogP contribution in [0.5, 0.6) is 0 Å². The van der Waals surface area contributed by atoms with Crippen LogP contribution in [0.25, 0.3) is 10.8 Å². The molecule has 1 aromatic heterocycles. The molecule has 4 rings (SSSR count). The van der Waals surface area contributed by atoms with E-state index in [9.17, 15) is 9.59 Å². The molecule has 0 saturated carbocycles. The molecule has 2 heterocycles. The fraction of sp³-hybridized carbons (Fsp3) is 0.375. The highest BCUT2D eigenvalue weighted by Crippen LogP contribution is 2.25. The number of nitrogens with one attached hydrogen (secondary N) is 1. The second-order valence-corrected chi connectivity index (χ2v) is 8.03. The maximum atomic E-state index is 13.0. The van der Waals surface area contributed by atoms with Gasteiger partial charge in [0.05, 0.1) is 5.39 Å². The molecule has 1 amide bonds. The predicted octanol–water partition coefficient (Wildman–Crippen LogP) is 4.03. The smallest absolute Gasteiger partial charge is 0.275 e. The molecule has 0 unspecified atom stereocenters. The Kier molecular flexibility index (Phi) is 5.84. The highest BCUT2D eigenvalue weighted by molar-refractivity contribution is 5.93. The molecule has 0 aliphatic carbocycles. The third-order valence-electron chi connectivity index (χ3n) is 5.93. The van der Waals surface area contributed by atoms with Gasteiger partial charge in [0, 0.05) is 24.2 Å². The number of anilines is 2. The van der Waals surface area contributed by atoms with E-state index in [1.807, 2.05) is 56.3 Å². The molecule has 1 aliphatic rings. The van der Waals surface area contributed by atoms with Crippen LogP contribution in [0.1, 0.15) is 36.8 Å². The lowest BCUT2D eigenvalue weighted by Gasteiger charge is -2.23. The van der Waals surface area contributed by atoms with Crippen molar-refractivity contribution in [1.29, 1.82) is 0 Å². The first kappa shape index (κ1) is 20.1. The molecule has 6 nitrogen and oxygen atoms in total. The first-order chi connectivity index (χ1) is 14.5. The Morgan fingerprint density at radius 1 is 0.967 bits per heavy atom. The minimum atomic E-state index is -0.254. The van der Waals surface area contributed by atoms with Crippen molar-refractivity contribution in [2.75, 3.05) is 23.3 Å². The van der Waals surface area contributed by atoms with Crippen molar-refractivity contribution in [1.82, 2.24) is 9.78 Å². The summed E-state index contributed by atoms with van der Waals surface area (Å²) in [5.74, 6) is 0.544. The lowest BCUT2D eigenvalue weighted by atomic mass is 10.1. The Balaban J connectivity index is 1.68. The van der Waals surface area contributed by atoms with E-state index in [2.05, 4.69) is 15.3 Å². The number of fused-ring (bicyclic) bond motifs is 1. The van der Waals surface area contributed by atoms with Crippen LogP contribution in [-0.2, 0) is 11.3 Å². The number of aryl methyl sites for hydroxylation is 1. The van der Waals surface area contributed by atoms with Gasteiger partial charge in [0.15, 0.2) is 5.82 Å². The van der Waals surface area contributed by atoms with Crippen molar-refractivity contribution in [3.8, 4) is 0 Å². The quantitative estimate of drug-likeness (QED) is 0.713. The lowest BCUT2D eigenvalue weighted by molar-refractivity contribution is -0.117. The Morgan fingerprint density at radius 2 is 1.67 bits per heavy atom. The Morgan fingerprint density at radius 3 is 2.40 bits per heavy atom. The predicted molar refractivity (Wildman–Crippen MR) is 121 cm³/mol. The molecule has 1 N–H and O–H groups in total. The molecule has 1 aliphatic heterocycles. The normalized spacial score (nSPS) is 14.5. The largest absolute Gasteiger partial charge is 0.355 e. The molecule has 1 fully saturated rings. The van der Waals surface area contributed by atoms with Gasteiger partial charge in [0.1, 0.15) is 6.54 Å². The summed E-state index contributed by atoms with van der Waals surface area (Å²) in [4.78, 5) is 28.1. The van der Waals surface area contributed by atoms with Crippen LogP contribution in [0.4, 0.5) is 11.5 Å². The van der Waals surface area contributed by atoms with Crippen molar-refractivity contribution in [2.24, 2.45) is 0 Å². The molecule has 2 aromatic carbocycles. The molecule has 0 radical (unpaired) electrons. The van der Waals surface area contributed by atoms with Crippen LogP contribution in [0.2, 0.25) is 0 Å². The van der Waals surface area contributed by atoms with E-state index >= 15 is 0 Å². The van der Waals surface area contributed by atoms with Crippen LogP contribution in [0.15, 0.2) is 47.3 Å². The van der Waals surface area contributed by atoms with E-state index in [0.29, 0.717) is 5.39 Å². The number of rotatable bonds is 4. The lowest BCUT2D eigenvalue weighted by Crippen LogP contribution is -2.33. The summed E-state index contributed by atoms with van der Waals surface area (Å²) < 4.78 is 1.31. The van der Waals surface area contributed by atoms with Gasteiger partial charge < -0.3 is 10.2 Å². The number of carbonyl (C=O) groups is 1. The van der Waals surface area contributed by atoms with Crippen molar-refractivity contribution in [3.63, 3.8) is 0 Å². The zero-order valence-corrected chi connectivity index (χ0v) is 17.6. The van der Waals surface area contributed by atoms with Gasteiger partial charge in [0.2, 0.25) is 5.91 Å². The number of hydrogen-bond acceptors (Lipinski definition) is 4. The molecule has 6 heteroatoms. The zero-order valence-electron chi connectivity index (χ0n) is 17.6. The zero-order chi connectivity index (χ0) is 21.1. The van der Waals surface area contributed by atoms with Crippen LogP contribution < -0.4 is 15.8 Å². The summed E-state index contributed by atoms with van der Waals surface area (Å²) in [6, 6.07) is 13.4. The van der Waals surface area contributed by atoms with Crippen molar-refractivity contribution < 1.29 is 4.79 Å². The molecule has 0 atom stereocenters. The molecule has 30 heavy (non-hydrogen) atoms. The molecule has 3 aromatic rings. The van der Waals surface area contributed by atoms with Crippen molar-refractivity contribution >= 4 is 28.2 Å². The summed E-state index contributed by atoms with van der Waals surface area (Å²) in [5, 5.41) is 9.05. The topological polar surface area (TPSA) is 67.2 Å². The van der Waals surface area contributed by atoms with Gasteiger partial charge in [-0.1, -0.05) is 43.2 Å². The minimum absolute atomic E-state index is 0.113. The molecule has 1 saturated heterocycles. The summed E-state index contributed by atoms with van der Waals surface area (Å²) in [6.07, 6.45) is 4.66. The van der Waals surface area contributed by atoms with E-state index in [1.54, 1.807) is 0 Å². The Labute approximate surface area is 176 Å². The van der Waals surface area contributed by atoms with E-state index in [0.717, 1.165) is 53.9 Å². The number of nitrogens with zero attached hydrogens (tertiary/aromatic N) is 3. The van der Waals surface area contributed by atoms with Crippen molar-refractivity contribution in [3.05, 3.63) is 63.9 Å². The van der Waals surface area contributed by atoms with Gasteiger partial charge in [0.25, 0.3) is 5.56 Å². The maximum absolute atomic E-state index is 13.0. The van der Waals surface area contributed by atoms with Gasteiger partial charge in [-0.3, -0.25) is 9.59 Å². The number of amides is 1. The summed E-state index contributed by atoms with van der Waals surface area (Å²) >= 11 is 0. The number of benzene rings is 2. The van der Waals surface area contributed by atoms with E-state index in [-0.39, 0.29) is 18.0 Å². The van der Waals surface area contributed by atoms with Crippen LogP contribution in [-0.4, -0.2) is 28.8 Å². The molecule has 156 valence electrons. The third kappa shape index (κ3) is 4.08. The monoisotopic (exact) mass is 404 g/mol. The van der Waals surface area contributed by atoms with Crippen LogP contribution in [0.3, 0.4) is 0 Å². The summed E-state index contributed by atoms with van der Waals surface area (Å²) in [5.41, 5.74) is 2.66. The number of hydrogen-bond donors (Lipinski definition) is 1. The SMILES string of the molecule is Cc1cccc(NC(=O)Cn2nc(N3CCCCCC3)c3ccccc3c2=O)c1C. The van der Waals surface area contributed by atoms with Crippen LogP contribution in [0, 0.1) is 13.8 Å². The molecular weight excluding hydrogens is 376 g/mol. The highest BCUT2D eigenvalue weighted by Gasteiger charge is 2.19. The first-order valence-corrected chi connectivity index (χ1v) is 10.7. The number of aromatic nitrogens is 2. The highest BCUT2D eigenvalue weighted by atomic mass is 16.2. The van der Waals surface area contributed by atoms with Gasteiger partial charge in [-0.05, 0) is 49.9 Å². The van der Waals surface area contributed by atoms with Crippen LogP contribution >= 0.6 is 0 Å². The standard InChI is InChI=1S/C24H28N4O2/c1-17-10-9-13-21(18(17)2)25-22(29)16-28-24(30)20-12-6-5-11-19(20)23(26-28)27-14-7-3-4-8-15-27/h5-6,9-13H,3-4,7-8,14-16H2,1-2H3,(H,25,29). The average molecular weight is 405 g/mol. The molecular formula is C24H28N4O2. The van der Waals surface area contributed by atoms with Gasteiger partial charge >= 0.3 is 0 Å². The van der Waals surface area contributed by atoms with Gasteiger partial charge in [-0.15, -0.1) is 0 Å². The Hall–Kier alpha value is -3.15. The summed E-state index contributed by atoms with van der Waals surface area (Å²) in [6.45, 7) is 5.71. The van der Waals surface area contributed by atoms with Crippen molar-refractivity contribution in [2.45, 2.75) is 46.1 Å². The first-order valence-electron chi connectivity index (χ1n) is 10.7. The van der Waals surface area contributed by atoms with E-state index in [4.69, 9.17) is 0 Å².